The Balaban J connectivity index is 1.49. The molecule has 9 heteroatoms. The van der Waals surface area contributed by atoms with Crippen molar-refractivity contribution in [2.24, 2.45) is 0 Å². The molecule has 0 unspecified atom stereocenters. The summed E-state index contributed by atoms with van der Waals surface area (Å²) in [6.07, 6.45) is 2.30. The summed E-state index contributed by atoms with van der Waals surface area (Å²) in [4.78, 5) is 11.9. The third-order valence-corrected chi connectivity index (χ3v) is 3.59. The average Bonchev–Trinajstić information content (AvgIpc) is 3.24. The molecule has 2 N–H and O–H groups in total. The number of aryl methyl sites for hydroxylation is 2. The molecule has 130 valence electrons. The van der Waals surface area contributed by atoms with Crippen molar-refractivity contribution < 1.29 is 9.21 Å². The average molecular weight is 341 g/mol. The van der Waals surface area contributed by atoms with E-state index in [1.54, 1.807) is 25.4 Å². The molecular weight excluding hydrogens is 322 g/mol. The number of nitrogens with one attached hydrogen (secondary N) is 2. The third-order valence-electron chi connectivity index (χ3n) is 3.59. The van der Waals surface area contributed by atoms with Crippen molar-refractivity contribution in [1.82, 2.24) is 30.3 Å². The maximum absolute atomic E-state index is 11.9. The number of nitrogens with zero attached hydrogens (tertiary/aromatic N) is 5. The number of urea groups is 1. The van der Waals surface area contributed by atoms with Crippen LogP contribution >= 0.6 is 0 Å². The lowest BCUT2D eigenvalue weighted by molar-refractivity contribution is 0.252. The van der Waals surface area contributed by atoms with Gasteiger partial charge in [-0.25, -0.2) is 4.79 Å². The second kappa shape index (κ2) is 7.56. The Kier molecular flexibility index (Phi) is 5.03. The lowest BCUT2D eigenvalue weighted by atomic mass is 10.2. The van der Waals surface area contributed by atoms with Crippen molar-refractivity contribution in [2.75, 3.05) is 11.9 Å². The second-order valence-corrected chi connectivity index (χ2v) is 5.37. The second-order valence-electron chi connectivity index (χ2n) is 5.37. The Morgan fingerprint density at radius 3 is 2.68 bits per heavy atom. The van der Waals surface area contributed by atoms with E-state index in [1.807, 2.05) is 23.6 Å². The summed E-state index contributed by atoms with van der Waals surface area (Å²) in [6, 6.07) is 6.91. The number of hydrogen-bond donors (Lipinski definition) is 2. The number of anilines is 1. The monoisotopic (exact) mass is 341 g/mol. The van der Waals surface area contributed by atoms with Gasteiger partial charge in [-0.1, -0.05) is 0 Å². The maximum atomic E-state index is 11.9. The SMILES string of the molecule is CCn1cnnc1CCNC(=O)Nc1ccc(-c2nnc(C)o2)cc1. The van der Waals surface area contributed by atoms with Crippen LogP contribution in [0, 0.1) is 6.92 Å². The Morgan fingerprint density at radius 2 is 2.00 bits per heavy atom. The molecule has 0 atom stereocenters. The van der Waals surface area contributed by atoms with Gasteiger partial charge in [0.05, 0.1) is 0 Å². The molecule has 0 aliphatic heterocycles. The smallest absolute Gasteiger partial charge is 0.319 e. The highest BCUT2D eigenvalue weighted by atomic mass is 16.4. The summed E-state index contributed by atoms with van der Waals surface area (Å²) in [6.45, 7) is 5.04. The topological polar surface area (TPSA) is 111 Å². The first-order chi connectivity index (χ1) is 12.2. The van der Waals surface area contributed by atoms with E-state index in [0.29, 0.717) is 30.4 Å². The van der Waals surface area contributed by atoms with E-state index in [9.17, 15) is 4.79 Å². The lowest BCUT2D eigenvalue weighted by Crippen LogP contribution is -2.30. The van der Waals surface area contributed by atoms with Gasteiger partial charge >= 0.3 is 6.03 Å². The van der Waals surface area contributed by atoms with Crippen LogP contribution in [-0.4, -0.2) is 37.5 Å². The molecule has 2 amide bonds. The minimum absolute atomic E-state index is 0.274. The van der Waals surface area contributed by atoms with Gasteiger partial charge in [-0.05, 0) is 31.2 Å². The minimum Gasteiger partial charge on any atom is -0.421 e. The number of carbonyl (C=O) groups is 1. The zero-order chi connectivity index (χ0) is 17.6. The predicted molar refractivity (Wildman–Crippen MR) is 90.9 cm³/mol. The van der Waals surface area contributed by atoms with Crippen LogP contribution in [-0.2, 0) is 13.0 Å². The molecule has 0 radical (unpaired) electrons. The number of aromatic nitrogens is 5. The fourth-order valence-corrected chi connectivity index (χ4v) is 2.31. The molecule has 0 saturated carbocycles. The summed E-state index contributed by atoms with van der Waals surface area (Å²) in [5.41, 5.74) is 1.47. The van der Waals surface area contributed by atoms with Crippen LogP contribution in [0.2, 0.25) is 0 Å². The molecule has 3 rings (SSSR count). The van der Waals surface area contributed by atoms with E-state index >= 15 is 0 Å². The van der Waals surface area contributed by atoms with Gasteiger partial charge in [0.25, 0.3) is 0 Å². The molecular formula is C16H19N7O2. The first-order valence-corrected chi connectivity index (χ1v) is 7.98. The summed E-state index contributed by atoms with van der Waals surface area (Å²) in [5.74, 6) is 1.81. The Labute approximate surface area is 144 Å². The number of carbonyl (C=O) groups excluding carboxylic acids is 1. The van der Waals surface area contributed by atoms with Gasteiger partial charge in [-0.2, -0.15) is 0 Å². The van der Waals surface area contributed by atoms with Gasteiger partial charge in [-0.15, -0.1) is 20.4 Å². The number of amides is 2. The molecule has 0 spiro atoms. The van der Waals surface area contributed by atoms with Crippen LogP contribution in [0.1, 0.15) is 18.6 Å². The van der Waals surface area contributed by atoms with E-state index in [2.05, 4.69) is 31.0 Å². The van der Waals surface area contributed by atoms with E-state index < -0.39 is 0 Å². The van der Waals surface area contributed by atoms with Crippen LogP contribution < -0.4 is 10.6 Å². The van der Waals surface area contributed by atoms with Crippen molar-refractivity contribution >= 4 is 11.7 Å². The maximum Gasteiger partial charge on any atom is 0.319 e. The summed E-state index contributed by atoms with van der Waals surface area (Å²) in [7, 11) is 0. The van der Waals surface area contributed by atoms with Gasteiger partial charge in [0.15, 0.2) is 0 Å². The van der Waals surface area contributed by atoms with Crippen molar-refractivity contribution in [3.8, 4) is 11.5 Å². The first kappa shape index (κ1) is 16.6. The van der Waals surface area contributed by atoms with Crippen LogP contribution in [0.3, 0.4) is 0 Å². The van der Waals surface area contributed by atoms with Crippen molar-refractivity contribution in [3.05, 3.63) is 42.3 Å². The van der Waals surface area contributed by atoms with Gasteiger partial charge in [0.2, 0.25) is 11.8 Å². The van der Waals surface area contributed by atoms with E-state index in [-0.39, 0.29) is 6.03 Å². The number of benzene rings is 1. The Morgan fingerprint density at radius 1 is 1.20 bits per heavy atom. The molecule has 9 nitrogen and oxygen atoms in total. The fraction of sp³-hybridized carbons (Fsp3) is 0.312. The van der Waals surface area contributed by atoms with Crippen LogP contribution in [0.15, 0.2) is 35.0 Å². The summed E-state index contributed by atoms with van der Waals surface area (Å²) >= 11 is 0. The van der Waals surface area contributed by atoms with Crippen LogP contribution in [0.5, 0.6) is 0 Å². The van der Waals surface area contributed by atoms with Gasteiger partial charge < -0.3 is 19.6 Å². The summed E-state index contributed by atoms with van der Waals surface area (Å²) < 4.78 is 7.30. The molecule has 2 aromatic heterocycles. The standard InChI is InChI=1S/C16H19N7O2/c1-3-23-10-18-21-14(23)8-9-17-16(24)19-13-6-4-12(5-7-13)15-22-20-11(2)25-15/h4-7,10H,3,8-9H2,1-2H3,(H2,17,19,24). The van der Waals surface area contributed by atoms with Crippen molar-refractivity contribution in [3.63, 3.8) is 0 Å². The van der Waals surface area contributed by atoms with Crippen LogP contribution in [0.4, 0.5) is 10.5 Å². The first-order valence-electron chi connectivity index (χ1n) is 7.98. The Bertz CT molecular complexity index is 838. The molecule has 0 saturated heterocycles. The van der Waals surface area contributed by atoms with E-state index in [0.717, 1.165) is 17.9 Å². The zero-order valence-corrected chi connectivity index (χ0v) is 14.1. The van der Waals surface area contributed by atoms with Gasteiger partial charge in [0, 0.05) is 37.7 Å². The largest absolute Gasteiger partial charge is 0.421 e. The third kappa shape index (κ3) is 4.19. The highest BCUT2D eigenvalue weighted by Crippen LogP contribution is 2.19. The van der Waals surface area contributed by atoms with E-state index in [1.165, 1.54) is 0 Å². The van der Waals surface area contributed by atoms with Crippen LogP contribution in [0.25, 0.3) is 11.5 Å². The highest BCUT2D eigenvalue weighted by molar-refractivity contribution is 5.89. The number of hydrogen-bond acceptors (Lipinski definition) is 6. The molecule has 2 heterocycles. The normalized spacial score (nSPS) is 10.6. The summed E-state index contributed by atoms with van der Waals surface area (Å²) in [5, 5.41) is 21.2. The van der Waals surface area contributed by atoms with Gasteiger partial charge in [-0.3, -0.25) is 0 Å². The van der Waals surface area contributed by atoms with Crippen molar-refractivity contribution in [2.45, 2.75) is 26.8 Å². The van der Waals surface area contributed by atoms with E-state index in [4.69, 9.17) is 4.42 Å². The molecule has 1 aromatic carbocycles. The molecule has 0 fully saturated rings. The molecule has 3 aromatic rings. The predicted octanol–water partition coefficient (Wildman–Crippen LogP) is 2.02. The molecule has 0 bridgehead atoms. The minimum atomic E-state index is -0.274. The highest BCUT2D eigenvalue weighted by Gasteiger charge is 2.07. The molecule has 25 heavy (non-hydrogen) atoms. The lowest BCUT2D eigenvalue weighted by Gasteiger charge is -2.08. The Hall–Kier alpha value is -3.23. The number of rotatable bonds is 6. The van der Waals surface area contributed by atoms with Gasteiger partial charge in [0.1, 0.15) is 12.2 Å². The quantitative estimate of drug-likeness (QED) is 0.709. The zero-order valence-electron chi connectivity index (χ0n) is 14.1. The molecule has 0 aliphatic carbocycles. The molecule has 0 aliphatic rings. The van der Waals surface area contributed by atoms with Crippen molar-refractivity contribution in [1.29, 1.82) is 0 Å². The fourth-order valence-electron chi connectivity index (χ4n) is 2.31.